The van der Waals surface area contributed by atoms with Crippen LogP contribution in [0.5, 0.6) is 0 Å². The minimum Gasteiger partial charge on any atom is -0.247 e. The lowest BCUT2D eigenvalue weighted by atomic mass is 9.92. The molecule has 0 aliphatic heterocycles. The van der Waals surface area contributed by atoms with Gasteiger partial charge in [0.25, 0.3) is 0 Å². The summed E-state index contributed by atoms with van der Waals surface area (Å²) in [7, 11) is 0. The van der Waals surface area contributed by atoms with E-state index in [2.05, 4.69) is 79.7 Å². The lowest BCUT2D eigenvalue weighted by molar-refractivity contribution is 1.18. The van der Waals surface area contributed by atoms with Crippen molar-refractivity contribution in [2.75, 3.05) is 0 Å². The number of hydrogen-bond acceptors (Lipinski definition) is 1. The predicted octanol–water partition coefficient (Wildman–Crippen LogP) is 6.20. The molecule has 0 fully saturated rings. The highest BCUT2D eigenvalue weighted by atomic mass is 14.8. The van der Waals surface area contributed by atoms with Crippen molar-refractivity contribution in [3.8, 4) is 33.6 Å². The zero-order valence-electron chi connectivity index (χ0n) is 15.3. The molecule has 128 valence electrons. The Labute approximate surface area is 159 Å². The summed E-state index contributed by atoms with van der Waals surface area (Å²) in [5, 5.41) is 0. The van der Waals surface area contributed by atoms with E-state index in [9.17, 15) is 0 Å². The molecule has 0 spiro atoms. The fourth-order valence-corrected chi connectivity index (χ4v) is 4.72. The molecule has 0 atom stereocenters. The Morgan fingerprint density at radius 2 is 1.15 bits per heavy atom. The zero-order valence-corrected chi connectivity index (χ0v) is 15.3. The van der Waals surface area contributed by atoms with E-state index in [1.165, 1.54) is 61.5 Å². The van der Waals surface area contributed by atoms with Crippen LogP contribution in [0.1, 0.15) is 27.8 Å². The Kier molecular flexibility index (Phi) is 2.99. The van der Waals surface area contributed by atoms with Crippen molar-refractivity contribution < 1.29 is 0 Å². The molecule has 0 amide bonds. The van der Waals surface area contributed by atoms with Gasteiger partial charge < -0.3 is 0 Å². The first-order chi connectivity index (χ1) is 13.3. The van der Waals surface area contributed by atoms with Crippen LogP contribution in [0.2, 0.25) is 0 Å². The largest absolute Gasteiger partial charge is 0.247 e. The molecule has 0 saturated heterocycles. The smallest absolute Gasteiger partial charge is 0.0754 e. The summed E-state index contributed by atoms with van der Waals surface area (Å²) in [6.07, 6.45) is 1.96. The maximum Gasteiger partial charge on any atom is 0.0754 e. The fraction of sp³-hybridized carbons (Fsp3) is 0.115. The maximum absolute atomic E-state index is 5.22. The number of nitrogens with zero attached hydrogens (tertiary/aromatic N) is 1. The standard InChI is InChI=1S/C26H19N/c1-16-10-12-17(13-11-16)24-22-14-18-6-2-4-8-20(18)25(22)27-26-21-9-5-3-7-19(21)15-23(24)26/h2-13H,14-15H2,1H3. The molecule has 2 aliphatic rings. The SMILES string of the molecule is Cc1ccc(-c2c3c(nc4c2Cc2ccccc2-4)-c2ccccc2C3)cc1. The molecule has 1 heterocycles. The topological polar surface area (TPSA) is 12.9 Å². The Hall–Kier alpha value is -3.19. The summed E-state index contributed by atoms with van der Waals surface area (Å²) in [5.41, 5.74) is 14.6. The van der Waals surface area contributed by atoms with Crippen LogP contribution in [0.25, 0.3) is 33.6 Å². The van der Waals surface area contributed by atoms with Crippen LogP contribution in [-0.2, 0) is 12.8 Å². The van der Waals surface area contributed by atoms with Crippen molar-refractivity contribution >= 4 is 0 Å². The monoisotopic (exact) mass is 345 g/mol. The van der Waals surface area contributed by atoms with Gasteiger partial charge in [0, 0.05) is 24.0 Å². The van der Waals surface area contributed by atoms with Crippen molar-refractivity contribution in [3.63, 3.8) is 0 Å². The average molecular weight is 345 g/mol. The molecule has 0 bridgehead atoms. The van der Waals surface area contributed by atoms with Gasteiger partial charge in [0.1, 0.15) is 0 Å². The molecule has 27 heavy (non-hydrogen) atoms. The van der Waals surface area contributed by atoms with Gasteiger partial charge in [-0.1, -0.05) is 78.4 Å². The molecule has 1 aromatic heterocycles. The third-order valence-corrected chi connectivity index (χ3v) is 6.02. The first-order valence-corrected chi connectivity index (χ1v) is 9.59. The highest BCUT2D eigenvalue weighted by Gasteiger charge is 2.31. The number of benzene rings is 3. The number of rotatable bonds is 1. The van der Waals surface area contributed by atoms with Crippen LogP contribution in [0.4, 0.5) is 0 Å². The van der Waals surface area contributed by atoms with Gasteiger partial charge in [0.15, 0.2) is 0 Å². The Morgan fingerprint density at radius 3 is 1.70 bits per heavy atom. The number of fused-ring (bicyclic) bond motifs is 6. The predicted molar refractivity (Wildman–Crippen MR) is 111 cm³/mol. The second-order valence-corrected chi connectivity index (χ2v) is 7.67. The van der Waals surface area contributed by atoms with E-state index in [0.717, 1.165) is 12.8 Å². The van der Waals surface area contributed by atoms with Gasteiger partial charge in [0.05, 0.1) is 11.4 Å². The molecule has 1 nitrogen and oxygen atoms in total. The van der Waals surface area contributed by atoms with Crippen molar-refractivity contribution in [1.29, 1.82) is 0 Å². The highest BCUT2D eigenvalue weighted by Crippen LogP contribution is 2.48. The van der Waals surface area contributed by atoms with Crippen LogP contribution < -0.4 is 0 Å². The molecule has 0 N–H and O–H groups in total. The van der Waals surface area contributed by atoms with Gasteiger partial charge in [-0.3, -0.25) is 0 Å². The lowest BCUT2D eigenvalue weighted by Gasteiger charge is -2.15. The normalized spacial score (nSPS) is 13.1. The van der Waals surface area contributed by atoms with Crippen LogP contribution in [0, 0.1) is 6.92 Å². The van der Waals surface area contributed by atoms with Gasteiger partial charge >= 0.3 is 0 Å². The number of hydrogen-bond donors (Lipinski definition) is 0. The minimum atomic E-state index is 0.978. The second kappa shape index (κ2) is 5.40. The molecule has 0 unspecified atom stereocenters. The Balaban J connectivity index is 1.70. The third kappa shape index (κ3) is 2.09. The first-order valence-electron chi connectivity index (χ1n) is 9.59. The van der Waals surface area contributed by atoms with E-state index in [1.54, 1.807) is 0 Å². The Bertz CT molecular complexity index is 1140. The van der Waals surface area contributed by atoms with Gasteiger partial charge in [0.2, 0.25) is 0 Å². The summed E-state index contributed by atoms with van der Waals surface area (Å²) in [4.78, 5) is 5.22. The molecule has 3 aromatic carbocycles. The van der Waals surface area contributed by atoms with Gasteiger partial charge in [-0.15, -0.1) is 0 Å². The van der Waals surface area contributed by atoms with Crippen molar-refractivity contribution in [3.05, 3.63) is 101 Å². The molecule has 0 radical (unpaired) electrons. The number of pyridine rings is 1. The van der Waals surface area contributed by atoms with Gasteiger partial charge in [-0.2, -0.15) is 0 Å². The minimum absolute atomic E-state index is 0.978. The van der Waals surface area contributed by atoms with E-state index in [1.807, 2.05) is 0 Å². The highest BCUT2D eigenvalue weighted by molar-refractivity contribution is 5.91. The fourth-order valence-electron chi connectivity index (χ4n) is 4.72. The number of aryl methyl sites for hydroxylation is 1. The zero-order chi connectivity index (χ0) is 18.0. The van der Waals surface area contributed by atoms with Crippen LogP contribution in [0.3, 0.4) is 0 Å². The molecule has 2 aliphatic carbocycles. The molecule has 1 heteroatoms. The van der Waals surface area contributed by atoms with Crippen LogP contribution in [-0.4, -0.2) is 4.98 Å². The quantitative estimate of drug-likeness (QED) is 0.346. The van der Waals surface area contributed by atoms with Crippen LogP contribution >= 0.6 is 0 Å². The summed E-state index contributed by atoms with van der Waals surface area (Å²) in [6.45, 7) is 2.15. The lowest BCUT2D eigenvalue weighted by Crippen LogP contribution is -1.98. The summed E-state index contributed by atoms with van der Waals surface area (Å²) in [6, 6.07) is 26.5. The van der Waals surface area contributed by atoms with Crippen LogP contribution in [0.15, 0.2) is 72.8 Å². The Morgan fingerprint density at radius 1 is 0.630 bits per heavy atom. The summed E-state index contributed by atoms with van der Waals surface area (Å²) >= 11 is 0. The summed E-state index contributed by atoms with van der Waals surface area (Å²) in [5.74, 6) is 0. The third-order valence-electron chi connectivity index (χ3n) is 6.02. The van der Waals surface area contributed by atoms with Gasteiger partial charge in [-0.05, 0) is 40.3 Å². The van der Waals surface area contributed by atoms with E-state index in [-0.39, 0.29) is 0 Å². The second-order valence-electron chi connectivity index (χ2n) is 7.67. The average Bonchev–Trinajstić information content (AvgIpc) is 3.25. The van der Waals surface area contributed by atoms with Crippen molar-refractivity contribution in [2.45, 2.75) is 19.8 Å². The number of aromatic nitrogens is 1. The van der Waals surface area contributed by atoms with E-state index >= 15 is 0 Å². The molecule has 6 rings (SSSR count). The molecular weight excluding hydrogens is 326 g/mol. The first kappa shape index (κ1) is 14.9. The molecule has 4 aromatic rings. The summed E-state index contributed by atoms with van der Waals surface area (Å²) < 4.78 is 0. The van der Waals surface area contributed by atoms with E-state index < -0.39 is 0 Å². The van der Waals surface area contributed by atoms with Gasteiger partial charge in [-0.25, -0.2) is 4.98 Å². The van der Waals surface area contributed by atoms with Crippen molar-refractivity contribution in [1.82, 2.24) is 4.98 Å². The van der Waals surface area contributed by atoms with Crippen molar-refractivity contribution in [2.24, 2.45) is 0 Å². The maximum atomic E-state index is 5.22. The van der Waals surface area contributed by atoms with E-state index in [4.69, 9.17) is 4.98 Å². The van der Waals surface area contributed by atoms with E-state index in [0.29, 0.717) is 0 Å². The molecule has 0 saturated carbocycles. The molecular formula is C26H19N.